The third-order valence-corrected chi connectivity index (χ3v) is 2.82. The number of urea groups is 1. The van der Waals surface area contributed by atoms with Crippen LogP contribution in [-0.4, -0.2) is 11.6 Å². The molecule has 0 fully saturated rings. The zero-order valence-corrected chi connectivity index (χ0v) is 13.2. The zero-order chi connectivity index (χ0) is 16.0. The minimum absolute atomic E-state index is 0.179. The highest BCUT2D eigenvalue weighted by Gasteiger charge is 2.12. The lowest BCUT2D eigenvalue weighted by Gasteiger charge is -2.20. The molecule has 0 spiro atoms. The first-order valence-electron chi connectivity index (χ1n) is 7.30. The first-order valence-corrected chi connectivity index (χ1v) is 7.30. The molecule has 2 N–H and O–H groups in total. The Labute approximate surface area is 131 Å². The van der Waals surface area contributed by atoms with Gasteiger partial charge in [-0.1, -0.05) is 30.3 Å². The molecule has 116 valence electrons. The molecule has 2 aromatic rings. The summed E-state index contributed by atoms with van der Waals surface area (Å²) >= 11 is 0. The standard InChI is InChI=1S/C18H22N2O2/c1-18(2,3)20-17(21)19-13-14-8-7-11-16(12-14)22-15-9-5-4-6-10-15/h4-12H,13H2,1-3H3,(H2,19,20,21). The van der Waals surface area contributed by atoms with Crippen molar-refractivity contribution >= 4 is 6.03 Å². The van der Waals surface area contributed by atoms with E-state index >= 15 is 0 Å². The van der Waals surface area contributed by atoms with Crippen molar-refractivity contribution in [2.75, 3.05) is 0 Å². The Morgan fingerprint density at radius 3 is 2.36 bits per heavy atom. The number of ether oxygens (including phenoxy) is 1. The van der Waals surface area contributed by atoms with Crippen LogP contribution in [0.1, 0.15) is 26.3 Å². The third kappa shape index (κ3) is 5.48. The topological polar surface area (TPSA) is 50.4 Å². The third-order valence-electron chi connectivity index (χ3n) is 2.82. The molecule has 0 aromatic heterocycles. The molecule has 0 unspecified atom stereocenters. The lowest BCUT2D eigenvalue weighted by Crippen LogP contribution is -2.46. The number of hydrogen-bond donors (Lipinski definition) is 2. The van der Waals surface area contributed by atoms with E-state index in [4.69, 9.17) is 4.74 Å². The number of rotatable bonds is 4. The molecule has 0 aliphatic rings. The van der Waals surface area contributed by atoms with Crippen LogP contribution in [0, 0.1) is 0 Å². The van der Waals surface area contributed by atoms with Crippen molar-refractivity contribution in [3.63, 3.8) is 0 Å². The monoisotopic (exact) mass is 298 g/mol. The predicted molar refractivity (Wildman–Crippen MR) is 88.1 cm³/mol. The van der Waals surface area contributed by atoms with Gasteiger partial charge in [0.05, 0.1) is 0 Å². The quantitative estimate of drug-likeness (QED) is 0.893. The van der Waals surface area contributed by atoms with Crippen LogP contribution in [0.25, 0.3) is 0 Å². The Morgan fingerprint density at radius 1 is 1.00 bits per heavy atom. The van der Waals surface area contributed by atoms with Gasteiger partial charge >= 0.3 is 6.03 Å². The van der Waals surface area contributed by atoms with Gasteiger partial charge in [0.25, 0.3) is 0 Å². The molecule has 0 aliphatic heterocycles. The van der Waals surface area contributed by atoms with E-state index in [2.05, 4.69) is 10.6 Å². The molecule has 2 amide bonds. The second kappa shape index (κ2) is 6.98. The molecule has 0 atom stereocenters. The van der Waals surface area contributed by atoms with Crippen molar-refractivity contribution in [1.82, 2.24) is 10.6 Å². The molecule has 0 bridgehead atoms. The Kier molecular flexibility index (Phi) is 5.04. The average molecular weight is 298 g/mol. The maximum Gasteiger partial charge on any atom is 0.315 e. The summed E-state index contributed by atoms with van der Waals surface area (Å²) in [6, 6.07) is 17.1. The molecular weight excluding hydrogens is 276 g/mol. The molecule has 2 aromatic carbocycles. The Morgan fingerprint density at radius 2 is 1.68 bits per heavy atom. The van der Waals surface area contributed by atoms with Gasteiger partial charge in [0.15, 0.2) is 0 Å². The van der Waals surface area contributed by atoms with E-state index in [1.54, 1.807) is 0 Å². The van der Waals surface area contributed by atoms with Crippen LogP contribution in [-0.2, 0) is 6.54 Å². The van der Waals surface area contributed by atoms with Gasteiger partial charge in [0.1, 0.15) is 11.5 Å². The highest BCUT2D eigenvalue weighted by atomic mass is 16.5. The molecule has 0 heterocycles. The molecule has 0 saturated heterocycles. The van der Waals surface area contributed by atoms with Crippen LogP contribution in [0.3, 0.4) is 0 Å². The van der Waals surface area contributed by atoms with Crippen LogP contribution in [0.2, 0.25) is 0 Å². The zero-order valence-electron chi connectivity index (χ0n) is 13.2. The molecule has 4 nitrogen and oxygen atoms in total. The van der Waals surface area contributed by atoms with E-state index < -0.39 is 0 Å². The van der Waals surface area contributed by atoms with Crippen LogP contribution >= 0.6 is 0 Å². The fourth-order valence-electron chi connectivity index (χ4n) is 1.91. The van der Waals surface area contributed by atoms with Gasteiger partial charge in [0, 0.05) is 12.1 Å². The van der Waals surface area contributed by atoms with E-state index in [0.29, 0.717) is 6.54 Å². The maximum atomic E-state index is 11.8. The first-order chi connectivity index (χ1) is 10.4. The van der Waals surface area contributed by atoms with Crippen LogP contribution in [0.4, 0.5) is 4.79 Å². The lowest BCUT2D eigenvalue weighted by atomic mass is 10.1. The average Bonchev–Trinajstić information content (AvgIpc) is 2.45. The van der Waals surface area contributed by atoms with E-state index in [1.165, 1.54) is 0 Å². The molecule has 22 heavy (non-hydrogen) atoms. The van der Waals surface area contributed by atoms with Crippen molar-refractivity contribution in [3.05, 3.63) is 60.2 Å². The minimum Gasteiger partial charge on any atom is -0.457 e. The number of hydrogen-bond acceptors (Lipinski definition) is 2. The molecule has 0 aliphatic carbocycles. The maximum absolute atomic E-state index is 11.8. The number of benzene rings is 2. The number of carbonyl (C=O) groups is 1. The van der Waals surface area contributed by atoms with Crippen molar-refractivity contribution in [2.24, 2.45) is 0 Å². The summed E-state index contributed by atoms with van der Waals surface area (Å²) in [6.07, 6.45) is 0. The number of para-hydroxylation sites is 1. The Bertz CT molecular complexity index is 618. The summed E-state index contributed by atoms with van der Waals surface area (Å²) < 4.78 is 5.78. The largest absolute Gasteiger partial charge is 0.457 e. The lowest BCUT2D eigenvalue weighted by molar-refractivity contribution is 0.231. The predicted octanol–water partition coefficient (Wildman–Crippen LogP) is 4.08. The van der Waals surface area contributed by atoms with Gasteiger partial charge in [-0.05, 0) is 50.6 Å². The van der Waals surface area contributed by atoms with Crippen LogP contribution in [0.15, 0.2) is 54.6 Å². The van der Waals surface area contributed by atoms with Crippen molar-refractivity contribution < 1.29 is 9.53 Å². The summed E-state index contributed by atoms with van der Waals surface area (Å²) in [7, 11) is 0. The van der Waals surface area contributed by atoms with Gasteiger partial charge in [0.2, 0.25) is 0 Å². The van der Waals surface area contributed by atoms with Crippen LogP contribution in [0.5, 0.6) is 11.5 Å². The van der Waals surface area contributed by atoms with Crippen molar-refractivity contribution in [2.45, 2.75) is 32.9 Å². The van der Waals surface area contributed by atoms with Gasteiger partial charge in [-0.3, -0.25) is 0 Å². The second-order valence-corrected chi connectivity index (χ2v) is 6.12. The van der Waals surface area contributed by atoms with Crippen molar-refractivity contribution in [3.8, 4) is 11.5 Å². The van der Waals surface area contributed by atoms with Crippen LogP contribution < -0.4 is 15.4 Å². The normalized spacial score (nSPS) is 10.9. The Balaban J connectivity index is 1.93. The smallest absolute Gasteiger partial charge is 0.315 e. The summed E-state index contributed by atoms with van der Waals surface area (Å²) in [5.74, 6) is 1.54. The van der Waals surface area contributed by atoms with E-state index in [0.717, 1.165) is 17.1 Å². The van der Waals surface area contributed by atoms with Gasteiger partial charge in [-0.2, -0.15) is 0 Å². The molecule has 2 rings (SSSR count). The van der Waals surface area contributed by atoms with Gasteiger partial charge < -0.3 is 15.4 Å². The molecular formula is C18H22N2O2. The second-order valence-electron chi connectivity index (χ2n) is 6.12. The van der Waals surface area contributed by atoms with E-state index in [9.17, 15) is 4.79 Å². The summed E-state index contributed by atoms with van der Waals surface area (Å²) in [5, 5.41) is 5.70. The number of amides is 2. The fourth-order valence-corrected chi connectivity index (χ4v) is 1.91. The summed E-state index contributed by atoms with van der Waals surface area (Å²) in [4.78, 5) is 11.8. The fraction of sp³-hybridized carbons (Fsp3) is 0.278. The van der Waals surface area contributed by atoms with E-state index in [-0.39, 0.29) is 11.6 Å². The molecule has 4 heteroatoms. The minimum atomic E-state index is -0.248. The highest BCUT2D eigenvalue weighted by Crippen LogP contribution is 2.21. The van der Waals surface area contributed by atoms with Gasteiger partial charge in [-0.15, -0.1) is 0 Å². The van der Waals surface area contributed by atoms with E-state index in [1.807, 2.05) is 75.4 Å². The highest BCUT2D eigenvalue weighted by molar-refractivity contribution is 5.74. The number of carbonyl (C=O) groups excluding carboxylic acids is 1. The number of nitrogens with one attached hydrogen (secondary N) is 2. The van der Waals surface area contributed by atoms with Crippen molar-refractivity contribution in [1.29, 1.82) is 0 Å². The first kappa shape index (κ1) is 15.9. The molecule has 0 radical (unpaired) electrons. The van der Waals surface area contributed by atoms with Gasteiger partial charge in [-0.25, -0.2) is 4.79 Å². The molecule has 0 saturated carbocycles. The summed E-state index contributed by atoms with van der Waals surface area (Å²) in [5.41, 5.74) is 0.736. The SMILES string of the molecule is CC(C)(C)NC(=O)NCc1cccc(Oc2ccccc2)c1. The Hall–Kier alpha value is -2.49. The summed E-state index contributed by atoms with van der Waals surface area (Å²) in [6.45, 7) is 6.29.